The molecule has 44 valence electrons. The molecule has 0 fully saturated rings. The van der Waals surface area contributed by atoms with Gasteiger partial charge in [-0.05, 0) is 0 Å². The molecule has 0 saturated carbocycles. The van der Waals surface area contributed by atoms with Crippen LogP contribution < -0.4 is 0 Å². The number of rotatable bonds is 0. The maximum Gasteiger partial charge on any atom is 0.0319 e. The van der Waals surface area contributed by atoms with Crippen LogP contribution in [-0.2, 0) is 0 Å². The predicted octanol–water partition coefficient (Wildman–Crippen LogP) is -0.667. The molecule has 0 bridgehead atoms. The minimum absolute atomic E-state index is 0. The van der Waals surface area contributed by atoms with E-state index in [0.717, 1.165) is 14.2 Å². The van der Waals surface area contributed by atoms with E-state index in [2.05, 4.69) is 0 Å². The zero-order valence-electron chi connectivity index (χ0n) is 4.31. The summed E-state index contributed by atoms with van der Waals surface area (Å²) >= 11 is 0. The summed E-state index contributed by atoms with van der Waals surface area (Å²) in [5.74, 6) is 0. The van der Waals surface area contributed by atoms with Crippen molar-refractivity contribution in [1.82, 2.24) is 0 Å². The summed E-state index contributed by atoms with van der Waals surface area (Å²) in [5, 5.41) is 14.0. The third-order valence-corrected chi connectivity index (χ3v) is 0. The molecule has 2 N–H and O–H groups in total. The number of aliphatic hydroxyl groups excluding tert-OH is 2. The molecule has 4 heteroatoms. The van der Waals surface area contributed by atoms with E-state index in [1.54, 1.807) is 0 Å². The molecule has 0 aliphatic heterocycles. The minimum atomic E-state index is 0. The fourth-order valence-electron chi connectivity index (χ4n) is 0. The van der Waals surface area contributed by atoms with E-state index >= 15 is 0 Å². The van der Waals surface area contributed by atoms with Crippen LogP contribution in [0.3, 0.4) is 0 Å². The Kier molecular flexibility index (Phi) is 1060. The topological polar surface area (TPSA) is 40.5 Å². The molecule has 2 atom stereocenters. The second-order valence-electron chi connectivity index (χ2n) is 0. The summed E-state index contributed by atoms with van der Waals surface area (Å²) in [6.07, 6.45) is 0. The van der Waals surface area contributed by atoms with E-state index < -0.39 is 0 Å². The minimum Gasteiger partial charge on any atom is -0.400 e. The van der Waals surface area contributed by atoms with Crippen molar-refractivity contribution in [1.29, 1.82) is 0 Å². The van der Waals surface area contributed by atoms with Crippen LogP contribution >= 0.6 is 19.8 Å². The lowest BCUT2D eigenvalue weighted by molar-refractivity contribution is 0.399. The highest BCUT2D eigenvalue weighted by Gasteiger charge is 0.841. The van der Waals surface area contributed by atoms with Crippen molar-refractivity contribution in [2.75, 3.05) is 14.2 Å². The van der Waals surface area contributed by atoms with Crippen molar-refractivity contribution in [3.05, 3.63) is 0 Å². The molecule has 0 aliphatic carbocycles. The van der Waals surface area contributed by atoms with Crippen LogP contribution in [0, 0.1) is 0 Å². The van der Waals surface area contributed by atoms with Gasteiger partial charge in [-0.3, -0.25) is 0 Å². The highest BCUT2D eigenvalue weighted by Crippen LogP contribution is 0.862. The SMILES string of the molecule is CO.CO.P.P. The average molecular weight is 132 g/mol. The summed E-state index contributed by atoms with van der Waals surface area (Å²) in [5.41, 5.74) is 0. The first-order chi connectivity index (χ1) is 2.00. The highest BCUT2D eigenvalue weighted by molar-refractivity contribution is 6.92. The van der Waals surface area contributed by atoms with Gasteiger partial charge in [-0.15, -0.1) is 0 Å². The van der Waals surface area contributed by atoms with Gasteiger partial charge in [-0.1, -0.05) is 0 Å². The van der Waals surface area contributed by atoms with E-state index in [1.807, 2.05) is 0 Å². The van der Waals surface area contributed by atoms with Gasteiger partial charge in [0, 0.05) is 14.2 Å². The van der Waals surface area contributed by atoms with Crippen molar-refractivity contribution < 1.29 is 10.2 Å². The Labute approximate surface area is 45.2 Å². The highest BCUT2D eigenvalue weighted by atomic mass is 31.0. The van der Waals surface area contributed by atoms with Gasteiger partial charge in [0.2, 0.25) is 0 Å². The van der Waals surface area contributed by atoms with Crippen molar-refractivity contribution >= 4 is 19.8 Å². The van der Waals surface area contributed by atoms with Crippen LogP contribution in [0.25, 0.3) is 0 Å². The van der Waals surface area contributed by atoms with Crippen LogP contribution in [0.5, 0.6) is 0 Å². The Morgan fingerprint density at radius 1 is 0.667 bits per heavy atom. The summed E-state index contributed by atoms with van der Waals surface area (Å²) in [7, 11) is 2.00. The molecule has 6 heavy (non-hydrogen) atoms. The van der Waals surface area contributed by atoms with Crippen LogP contribution in [0.4, 0.5) is 0 Å². The van der Waals surface area contributed by atoms with Gasteiger partial charge < -0.3 is 10.2 Å². The van der Waals surface area contributed by atoms with E-state index in [1.165, 1.54) is 0 Å². The molecule has 0 spiro atoms. The molecule has 2 nitrogen and oxygen atoms in total. The summed E-state index contributed by atoms with van der Waals surface area (Å²) < 4.78 is 0. The molecular weight excluding hydrogens is 118 g/mol. The average Bonchev–Trinajstić information content (AvgIpc) is 1.50. The Morgan fingerprint density at radius 3 is 0.667 bits per heavy atom. The van der Waals surface area contributed by atoms with Gasteiger partial charge in [-0.2, -0.15) is 19.8 Å². The maximum absolute atomic E-state index is 7.00. The Morgan fingerprint density at radius 2 is 0.667 bits per heavy atom. The molecule has 0 radical (unpaired) electrons. The number of hydrogen-bond donors (Lipinski definition) is 2. The zero-order chi connectivity index (χ0) is 4.00. The van der Waals surface area contributed by atoms with Gasteiger partial charge in [0.05, 0.1) is 0 Å². The molecule has 0 aromatic rings. The normalized spacial score (nSPS) is 2.00. The molecule has 0 amide bonds. The Balaban J connectivity index is -0.00000000500. The Bertz CT molecular complexity index is 9.51. The van der Waals surface area contributed by atoms with E-state index in [9.17, 15) is 0 Å². The standard InChI is InChI=1S/2CH4O.2H3P/c2*1-2;;/h2*2H,1H3;2*1H3. The van der Waals surface area contributed by atoms with Crippen molar-refractivity contribution in [2.24, 2.45) is 0 Å². The summed E-state index contributed by atoms with van der Waals surface area (Å²) in [6.45, 7) is 0. The van der Waals surface area contributed by atoms with E-state index in [4.69, 9.17) is 10.2 Å². The Hall–Kier alpha value is 0.780. The third kappa shape index (κ3) is 112. The number of hydrogen-bond acceptors (Lipinski definition) is 2. The zero-order valence-corrected chi connectivity index (χ0v) is 7.14. The van der Waals surface area contributed by atoms with Crippen molar-refractivity contribution in [3.63, 3.8) is 0 Å². The summed E-state index contributed by atoms with van der Waals surface area (Å²) in [6, 6.07) is 0. The van der Waals surface area contributed by atoms with Crippen molar-refractivity contribution in [3.8, 4) is 0 Å². The van der Waals surface area contributed by atoms with E-state index in [0.29, 0.717) is 0 Å². The van der Waals surface area contributed by atoms with Crippen molar-refractivity contribution in [2.45, 2.75) is 0 Å². The molecule has 0 rings (SSSR count). The first-order valence-corrected chi connectivity index (χ1v) is 0.894. The molecule has 0 aromatic carbocycles. The van der Waals surface area contributed by atoms with Gasteiger partial charge >= 0.3 is 0 Å². The van der Waals surface area contributed by atoms with Crippen LogP contribution in [0.2, 0.25) is 0 Å². The lowest BCUT2D eigenvalue weighted by Crippen LogP contribution is -1.25. The number of aliphatic hydroxyl groups is 2. The third-order valence-electron chi connectivity index (χ3n) is 0. The smallest absolute Gasteiger partial charge is 0.0319 e. The van der Waals surface area contributed by atoms with Crippen LogP contribution in [-0.4, -0.2) is 24.4 Å². The molecule has 0 saturated heterocycles. The first kappa shape index (κ1) is 29.3. The molecule has 0 aromatic heterocycles. The van der Waals surface area contributed by atoms with E-state index in [-0.39, 0.29) is 19.8 Å². The first-order valence-electron chi connectivity index (χ1n) is 0.894. The molecule has 0 aliphatic rings. The quantitative estimate of drug-likeness (QED) is 0.429. The second-order valence-corrected chi connectivity index (χ2v) is 0. The van der Waals surface area contributed by atoms with Gasteiger partial charge in [0.25, 0.3) is 0 Å². The maximum atomic E-state index is 7.00. The predicted molar refractivity (Wildman–Crippen MR) is 38.5 cm³/mol. The fraction of sp³-hybridized carbons (Fsp3) is 1.00. The summed E-state index contributed by atoms with van der Waals surface area (Å²) in [4.78, 5) is 0. The molecular formula is C2H14O2P2. The molecule has 0 heterocycles. The fourth-order valence-corrected chi connectivity index (χ4v) is 0. The van der Waals surface area contributed by atoms with Gasteiger partial charge in [-0.25, -0.2) is 0 Å². The monoisotopic (exact) mass is 132 g/mol. The lowest BCUT2D eigenvalue weighted by Gasteiger charge is -1.21. The lowest BCUT2D eigenvalue weighted by atomic mass is 11.8. The molecule has 2 unspecified atom stereocenters. The van der Waals surface area contributed by atoms with Crippen LogP contribution in [0.15, 0.2) is 0 Å². The van der Waals surface area contributed by atoms with Gasteiger partial charge in [0.1, 0.15) is 0 Å². The second kappa shape index (κ2) is 217. The van der Waals surface area contributed by atoms with Crippen LogP contribution in [0.1, 0.15) is 0 Å². The van der Waals surface area contributed by atoms with Gasteiger partial charge in [0.15, 0.2) is 0 Å². The largest absolute Gasteiger partial charge is 0.400 e.